The lowest BCUT2D eigenvalue weighted by molar-refractivity contribution is 0.410. The standard InChI is InChI=1S/C13H16N4O/c1-18-11-5-3-2-4-10(11)9-16-12-6-7-15-13(8-14)17-12/h2-7H,8-9,14H2,1H3,(H,15,16,17). The predicted molar refractivity (Wildman–Crippen MR) is 70.2 cm³/mol. The minimum Gasteiger partial charge on any atom is -0.496 e. The average molecular weight is 244 g/mol. The second-order valence-corrected chi connectivity index (χ2v) is 3.73. The predicted octanol–water partition coefficient (Wildman–Crippen LogP) is 1.56. The van der Waals surface area contributed by atoms with Gasteiger partial charge in [-0.15, -0.1) is 0 Å². The summed E-state index contributed by atoms with van der Waals surface area (Å²) < 4.78 is 5.29. The molecule has 0 fully saturated rings. The first-order chi connectivity index (χ1) is 8.83. The highest BCUT2D eigenvalue weighted by Gasteiger charge is 2.02. The Hall–Kier alpha value is -2.14. The lowest BCUT2D eigenvalue weighted by Crippen LogP contribution is -2.07. The number of hydrogen-bond donors (Lipinski definition) is 2. The number of rotatable bonds is 5. The Morgan fingerprint density at radius 2 is 2.11 bits per heavy atom. The smallest absolute Gasteiger partial charge is 0.144 e. The Labute approximate surface area is 106 Å². The molecular formula is C13H16N4O. The van der Waals surface area contributed by atoms with Crippen molar-refractivity contribution in [2.75, 3.05) is 12.4 Å². The van der Waals surface area contributed by atoms with E-state index in [2.05, 4.69) is 15.3 Å². The average Bonchev–Trinajstić information content (AvgIpc) is 2.45. The van der Waals surface area contributed by atoms with Crippen molar-refractivity contribution in [1.29, 1.82) is 0 Å². The zero-order valence-corrected chi connectivity index (χ0v) is 10.3. The van der Waals surface area contributed by atoms with Crippen molar-refractivity contribution in [1.82, 2.24) is 9.97 Å². The van der Waals surface area contributed by atoms with Gasteiger partial charge in [-0.05, 0) is 12.1 Å². The van der Waals surface area contributed by atoms with Crippen LogP contribution in [0.4, 0.5) is 5.82 Å². The zero-order valence-electron chi connectivity index (χ0n) is 10.3. The van der Waals surface area contributed by atoms with Crippen molar-refractivity contribution in [3.05, 3.63) is 47.9 Å². The number of nitrogens with two attached hydrogens (primary N) is 1. The molecule has 0 aliphatic carbocycles. The van der Waals surface area contributed by atoms with Crippen LogP contribution in [0.15, 0.2) is 36.5 Å². The second kappa shape index (κ2) is 5.97. The summed E-state index contributed by atoms with van der Waals surface area (Å²) >= 11 is 0. The maximum atomic E-state index is 5.50. The molecule has 1 aromatic carbocycles. The Morgan fingerprint density at radius 1 is 1.28 bits per heavy atom. The van der Waals surface area contributed by atoms with E-state index in [1.165, 1.54) is 0 Å². The van der Waals surface area contributed by atoms with E-state index in [0.29, 0.717) is 18.9 Å². The van der Waals surface area contributed by atoms with Crippen molar-refractivity contribution in [3.8, 4) is 5.75 Å². The van der Waals surface area contributed by atoms with Crippen LogP contribution >= 0.6 is 0 Å². The molecule has 1 aromatic heterocycles. The molecule has 94 valence electrons. The minimum absolute atomic E-state index is 0.337. The molecule has 0 atom stereocenters. The number of ether oxygens (including phenoxy) is 1. The molecule has 0 aliphatic heterocycles. The van der Waals surface area contributed by atoms with Gasteiger partial charge in [-0.2, -0.15) is 0 Å². The summed E-state index contributed by atoms with van der Waals surface area (Å²) in [6.07, 6.45) is 1.69. The fraction of sp³-hybridized carbons (Fsp3) is 0.231. The van der Waals surface area contributed by atoms with Gasteiger partial charge < -0.3 is 15.8 Å². The van der Waals surface area contributed by atoms with Crippen LogP contribution in [0.5, 0.6) is 5.75 Å². The summed E-state index contributed by atoms with van der Waals surface area (Å²) in [5.41, 5.74) is 6.58. The van der Waals surface area contributed by atoms with Crippen molar-refractivity contribution in [3.63, 3.8) is 0 Å². The molecule has 2 aromatic rings. The van der Waals surface area contributed by atoms with E-state index >= 15 is 0 Å². The highest BCUT2D eigenvalue weighted by Crippen LogP contribution is 2.18. The molecule has 0 amide bonds. The lowest BCUT2D eigenvalue weighted by Gasteiger charge is -2.10. The number of aromatic nitrogens is 2. The van der Waals surface area contributed by atoms with E-state index in [1.54, 1.807) is 13.3 Å². The van der Waals surface area contributed by atoms with Gasteiger partial charge in [-0.25, -0.2) is 9.97 Å². The lowest BCUT2D eigenvalue weighted by atomic mass is 10.2. The quantitative estimate of drug-likeness (QED) is 0.835. The maximum absolute atomic E-state index is 5.50. The van der Waals surface area contributed by atoms with Crippen LogP contribution in [-0.4, -0.2) is 17.1 Å². The maximum Gasteiger partial charge on any atom is 0.144 e. The molecule has 0 radical (unpaired) electrons. The molecule has 0 saturated carbocycles. The van der Waals surface area contributed by atoms with Crippen LogP contribution in [0, 0.1) is 0 Å². The fourth-order valence-corrected chi connectivity index (χ4v) is 1.63. The van der Waals surface area contributed by atoms with Gasteiger partial charge >= 0.3 is 0 Å². The van der Waals surface area contributed by atoms with E-state index in [4.69, 9.17) is 10.5 Å². The molecule has 3 N–H and O–H groups in total. The Balaban J connectivity index is 2.06. The van der Waals surface area contributed by atoms with E-state index in [9.17, 15) is 0 Å². The van der Waals surface area contributed by atoms with Crippen LogP contribution in [0.2, 0.25) is 0 Å². The second-order valence-electron chi connectivity index (χ2n) is 3.73. The van der Waals surface area contributed by atoms with Crippen LogP contribution in [0.25, 0.3) is 0 Å². The van der Waals surface area contributed by atoms with Crippen LogP contribution in [0.1, 0.15) is 11.4 Å². The van der Waals surface area contributed by atoms with Crippen LogP contribution in [-0.2, 0) is 13.1 Å². The summed E-state index contributed by atoms with van der Waals surface area (Å²) in [4.78, 5) is 8.32. The van der Waals surface area contributed by atoms with E-state index in [1.807, 2.05) is 30.3 Å². The number of methoxy groups -OCH3 is 1. The Morgan fingerprint density at radius 3 is 2.89 bits per heavy atom. The summed E-state index contributed by atoms with van der Waals surface area (Å²) in [5.74, 6) is 2.24. The third-order valence-electron chi connectivity index (χ3n) is 2.54. The molecule has 5 heteroatoms. The number of benzene rings is 1. The zero-order chi connectivity index (χ0) is 12.8. The molecule has 0 spiro atoms. The third-order valence-corrected chi connectivity index (χ3v) is 2.54. The monoisotopic (exact) mass is 244 g/mol. The van der Waals surface area contributed by atoms with Crippen LogP contribution in [0.3, 0.4) is 0 Å². The number of para-hydroxylation sites is 1. The topological polar surface area (TPSA) is 73.1 Å². The highest BCUT2D eigenvalue weighted by molar-refractivity contribution is 5.39. The Bertz CT molecular complexity index is 516. The van der Waals surface area contributed by atoms with Gasteiger partial charge in [0.05, 0.1) is 13.7 Å². The summed E-state index contributed by atoms with van der Waals surface area (Å²) in [7, 11) is 1.66. The summed E-state index contributed by atoms with van der Waals surface area (Å²) in [6, 6.07) is 9.68. The number of nitrogens with one attached hydrogen (secondary N) is 1. The van der Waals surface area contributed by atoms with Crippen LogP contribution < -0.4 is 15.8 Å². The SMILES string of the molecule is COc1ccccc1CNc1ccnc(CN)n1. The first-order valence-electron chi connectivity index (χ1n) is 5.71. The summed E-state index contributed by atoms with van der Waals surface area (Å²) in [5, 5.41) is 3.22. The molecule has 2 rings (SSSR count). The van der Waals surface area contributed by atoms with Gasteiger partial charge in [0.1, 0.15) is 17.4 Å². The molecule has 0 bridgehead atoms. The van der Waals surface area contributed by atoms with Gasteiger partial charge in [0.25, 0.3) is 0 Å². The van der Waals surface area contributed by atoms with Gasteiger partial charge in [-0.3, -0.25) is 0 Å². The number of anilines is 1. The molecule has 0 saturated heterocycles. The highest BCUT2D eigenvalue weighted by atomic mass is 16.5. The number of hydrogen-bond acceptors (Lipinski definition) is 5. The normalized spacial score (nSPS) is 10.1. The van der Waals surface area contributed by atoms with Gasteiger partial charge in [0.2, 0.25) is 0 Å². The van der Waals surface area contributed by atoms with Gasteiger partial charge in [0.15, 0.2) is 0 Å². The third kappa shape index (κ3) is 2.95. The molecule has 18 heavy (non-hydrogen) atoms. The molecule has 0 aliphatic rings. The van der Waals surface area contributed by atoms with Crippen molar-refractivity contribution < 1.29 is 4.74 Å². The molecule has 1 heterocycles. The number of nitrogens with zero attached hydrogens (tertiary/aromatic N) is 2. The largest absolute Gasteiger partial charge is 0.496 e. The molecule has 5 nitrogen and oxygen atoms in total. The van der Waals surface area contributed by atoms with E-state index < -0.39 is 0 Å². The fourth-order valence-electron chi connectivity index (χ4n) is 1.63. The van der Waals surface area contributed by atoms with Crippen molar-refractivity contribution in [2.24, 2.45) is 5.73 Å². The van der Waals surface area contributed by atoms with Gasteiger partial charge in [0, 0.05) is 18.3 Å². The van der Waals surface area contributed by atoms with E-state index in [0.717, 1.165) is 17.1 Å². The van der Waals surface area contributed by atoms with Gasteiger partial charge in [-0.1, -0.05) is 18.2 Å². The minimum atomic E-state index is 0.337. The van der Waals surface area contributed by atoms with E-state index in [-0.39, 0.29) is 0 Å². The summed E-state index contributed by atoms with van der Waals surface area (Å²) in [6.45, 7) is 0.981. The van der Waals surface area contributed by atoms with Crippen molar-refractivity contribution >= 4 is 5.82 Å². The molecule has 0 unspecified atom stereocenters. The first-order valence-corrected chi connectivity index (χ1v) is 5.71. The first kappa shape index (κ1) is 12.3. The Kier molecular flexibility index (Phi) is 4.09. The molecular weight excluding hydrogens is 228 g/mol. The van der Waals surface area contributed by atoms with Crippen molar-refractivity contribution in [2.45, 2.75) is 13.1 Å².